The van der Waals surface area contributed by atoms with Crippen LogP contribution in [0.3, 0.4) is 0 Å². The van der Waals surface area contributed by atoms with E-state index in [1.165, 1.54) is 44.9 Å². The van der Waals surface area contributed by atoms with Crippen LogP contribution >= 0.6 is 0 Å². The van der Waals surface area contributed by atoms with Crippen molar-refractivity contribution in [3.8, 4) is 0 Å². The fourth-order valence-corrected chi connectivity index (χ4v) is 3.97. The highest BCUT2D eigenvalue weighted by atomic mass is 16.5. The number of nitrogens with two attached hydrogens (primary N) is 1. The van der Waals surface area contributed by atoms with E-state index >= 15 is 0 Å². The molecule has 2 saturated carbocycles. The van der Waals surface area contributed by atoms with E-state index in [9.17, 15) is 0 Å². The maximum Gasteiger partial charge on any atom is 0.234 e. The third kappa shape index (κ3) is 2.62. The molecule has 0 aliphatic heterocycles. The predicted octanol–water partition coefficient (Wildman–Crippen LogP) is 3.52. The molecule has 0 amide bonds. The summed E-state index contributed by atoms with van der Waals surface area (Å²) < 4.78 is 5.66. The Bertz CT molecular complexity index is 435. The maximum atomic E-state index is 6.10. The molecule has 2 unspecified atom stereocenters. The van der Waals surface area contributed by atoms with Crippen LogP contribution in [-0.2, 0) is 5.41 Å². The SMILES string of the molecule is CC1CCC(c2noc(C3(CN)CCCCCC3)n2)C1. The van der Waals surface area contributed by atoms with Crippen molar-refractivity contribution >= 4 is 0 Å². The van der Waals surface area contributed by atoms with Gasteiger partial charge in [-0.25, -0.2) is 0 Å². The summed E-state index contributed by atoms with van der Waals surface area (Å²) in [4.78, 5) is 4.78. The third-order valence-electron chi connectivity index (χ3n) is 5.41. The van der Waals surface area contributed by atoms with Gasteiger partial charge in [-0.05, 0) is 38.0 Å². The summed E-state index contributed by atoms with van der Waals surface area (Å²) in [6, 6.07) is 0. The summed E-state index contributed by atoms with van der Waals surface area (Å²) in [7, 11) is 0. The van der Waals surface area contributed by atoms with Gasteiger partial charge in [-0.3, -0.25) is 0 Å². The molecule has 2 atom stereocenters. The lowest BCUT2D eigenvalue weighted by atomic mass is 9.80. The monoisotopic (exact) mass is 277 g/mol. The van der Waals surface area contributed by atoms with E-state index in [0.29, 0.717) is 12.5 Å². The molecule has 2 N–H and O–H groups in total. The Morgan fingerprint density at radius 2 is 1.95 bits per heavy atom. The largest absolute Gasteiger partial charge is 0.339 e. The van der Waals surface area contributed by atoms with E-state index < -0.39 is 0 Å². The highest BCUT2D eigenvalue weighted by Crippen LogP contribution is 2.40. The van der Waals surface area contributed by atoms with Gasteiger partial charge < -0.3 is 10.3 Å². The van der Waals surface area contributed by atoms with Gasteiger partial charge in [0, 0.05) is 12.5 Å². The fourth-order valence-electron chi connectivity index (χ4n) is 3.97. The van der Waals surface area contributed by atoms with Crippen LogP contribution in [0.25, 0.3) is 0 Å². The molecule has 2 fully saturated rings. The van der Waals surface area contributed by atoms with Gasteiger partial charge in [0.25, 0.3) is 0 Å². The number of hydrogen-bond acceptors (Lipinski definition) is 4. The standard InChI is InChI=1S/C16H27N3O/c1-12-6-7-13(10-12)14-18-15(20-19-14)16(11-17)8-4-2-3-5-9-16/h12-13H,2-11,17H2,1H3. The Hall–Kier alpha value is -0.900. The van der Waals surface area contributed by atoms with Crippen LogP contribution < -0.4 is 5.73 Å². The van der Waals surface area contributed by atoms with Crippen molar-refractivity contribution in [2.75, 3.05) is 6.54 Å². The quantitative estimate of drug-likeness (QED) is 0.858. The Morgan fingerprint density at radius 1 is 1.20 bits per heavy atom. The van der Waals surface area contributed by atoms with Gasteiger partial charge in [0.1, 0.15) is 0 Å². The zero-order valence-electron chi connectivity index (χ0n) is 12.6. The fraction of sp³-hybridized carbons (Fsp3) is 0.875. The normalized spacial score (nSPS) is 30.3. The Labute approximate surface area is 121 Å². The molecular weight excluding hydrogens is 250 g/mol. The number of nitrogens with zero attached hydrogens (tertiary/aromatic N) is 2. The Kier molecular flexibility index (Phi) is 4.11. The summed E-state index contributed by atoms with van der Waals surface area (Å²) in [6.45, 7) is 2.95. The average molecular weight is 277 g/mol. The van der Waals surface area contributed by atoms with Crippen LogP contribution in [0.2, 0.25) is 0 Å². The molecule has 20 heavy (non-hydrogen) atoms. The molecule has 2 aliphatic rings. The average Bonchev–Trinajstić information content (AvgIpc) is 3.03. The van der Waals surface area contributed by atoms with E-state index in [0.717, 1.165) is 30.5 Å². The molecule has 3 rings (SSSR count). The highest BCUT2D eigenvalue weighted by molar-refractivity contribution is 5.09. The summed E-state index contributed by atoms with van der Waals surface area (Å²) in [5.74, 6) is 3.05. The van der Waals surface area contributed by atoms with Crippen LogP contribution in [0.5, 0.6) is 0 Å². The van der Waals surface area contributed by atoms with Crippen LogP contribution in [0, 0.1) is 5.92 Å². The van der Waals surface area contributed by atoms with Gasteiger partial charge in [-0.2, -0.15) is 4.98 Å². The molecule has 4 heteroatoms. The van der Waals surface area contributed by atoms with Gasteiger partial charge in [-0.15, -0.1) is 0 Å². The van der Waals surface area contributed by atoms with Crippen molar-refractivity contribution in [3.05, 3.63) is 11.7 Å². The first-order valence-electron chi connectivity index (χ1n) is 8.28. The molecule has 2 aliphatic carbocycles. The number of rotatable bonds is 3. The molecular formula is C16H27N3O. The molecule has 0 bridgehead atoms. The van der Waals surface area contributed by atoms with E-state index in [2.05, 4.69) is 12.1 Å². The minimum atomic E-state index is -0.0496. The van der Waals surface area contributed by atoms with Crippen LogP contribution in [-0.4, -0.2) is 16.7 Å². The molecule has 1 aromatic heterocycles. The van der Waals surface area contributed by atoms with Gasteiger partial charge in [0.05, 0.1) is 5.41 Å². The van der Waals surface area contributed by atoms with Gasteiger partial charge in [-0.1, -0.05) is 37.8 Å². The summed E-state index contributed by atoms with van der Waals surface area (Å²) in [6.07, 6.45) is 11.0. The van der Waals surface area contributed by atoms with Gasteiger partial charge in [0.15, 0.2) is 5.82 Å². The van der Waals surface area contributed by atoms with Crippen molar-refractivity contribution in [2.24, 2.45) is 11.7 Å². The minimum absolute atomic E-state index is 0.0496. The van der Waals surface area contributed by atoms with E-state index in [-0.39, 0.29) is 5.41 Å². The molecule has 112 valence electrons. The van der Waals surface area contributed by atoms with Crippen LogP contribution in [0.15, 0.2) is 4.52 Å². The summed E-state index contributed by atoms with van der Waals surface area (Å²) in [5, 5.41) is 4.29. The zero-order valence-corrected chi connectivity index (χ0v) is 12.6. The van der Waals surface area contributed by atoms with Crippen molar-refractivity contribution in [1.82, 2.24) is 10.1 Å². The van der Waals surface area contributed by atoms with Crippen molar-refractivity contribution in [3.63, 3.8) is 0 Å². The van der Waals surface area contributed by atoms with E-state index in [4.69, 9.17) is 15.2 Å². The molecule has 0 spiro atoms. The smallest absolute Gasteiger partial charge is 0.234 e. The molecule has 0 aromatic carbocycles. The van der Waals surface area contributed by atoms with Gasteiger partial charge >= 0.3 is 0 Å². The first kappa shape index (κ1) is 14.1. The Balaban J connectivity index is 1.80. The molecule has 0 saturated heterocycles. The number of hydrogen-bond donors (Lipinski definition) is 1. The highest BCUT2D eigenvalue weighted by Gasteiger charge is 2.38. The lowest BCUT2D eigenvalue weighted by Gasteiger charge is -2.26. The molecule has 1 heterocycles. The Morgan fingerprint density at radius 3 is 2.55 bits per heavy atom. The first-order chi connectivity index (χ1) is 9.73. The third-order valence-corrected chi connectivity index (χ3v) is 5.41. The van der Waals surface area contributed by atoms with Gasteiger partial charge in [0.2, 0.25) is 5.89 Å². The van der Waals surface area contributed by atoms with Crippen molar-refractivity contribution < 1.29 is 4.52 Å². The lowest BCUT2D eigenvalue weighted by molar-refractivity contribution is 0.255. The summed E-state index contributed by atoms with van der Waals surface area (Å²) >= 11 is 0. The lowest BCUT2D eigenvalue weighted by Crippen LogP contribution is -2.35. The second-order valence-electron chi connectivity index (χ2n) is 6.97. The van der Waals surface area contributed by atoms with E-state index in [1.54, 1.807) is 0 Å². The van der Waals surface area contributed by atoms with Crippen LogP contribution in [0.1, 0.15) is 82.3 Å². The second-order valence-corrected chi connectivity index (χ2v) is 6.97. The topological polar surface area (TPSA) is 64.9 Å². The molecule has 1 aromatic rings. The van der Waals surface area contributed by atoms with Crippen LogP contribution in [0.4, 0.5) is 0 Å². The maximum absolute atomic E-state index is 6.10. The molecule has 4 nitrogen and oxygen atoms in total. The van der Waals surface area contributed by atoms with E-state index in [1.807, 2.05) is 0 Å². The van der Waals surface area contributed by atoms with Crippen molar-refractivity contribution in [1.29, 1.82) is 0 Å². The zero-order chi connectivity index (χ0) is 14.0. The second kappa shape index (κ2) is 5.84. The summed E-state index contributed by atoms with van der Waals surface area (Å²) in [5.41, 5.74) is 6.05. The molecule has 0 radical (unpaired) electrons. The number of aromatic nitrogens is 2. The first-order valence-corrected chi connectivity index (χ1v) is 8.28. The minimum Gasteiger partial charge on any atom is -0.339 e. The predicted molar refractivity (Wildman–Crippen MR) is 78.5 cm³/mol. The van der Waals surface area contributed by atoms with Crippen molar-refractivity contribution in [2.45, 2.75) is 76.0 Å².